The van der Waals surface area contributed by atoms with E-state index in [2.05, 4.69) is 38.1 Å². The minimum atomic E-state index is -4.29. The van der Waals surface area contributed by atoms with Crippen molar-refractivity contribution in [2.45, 2.75) is 6.54 Å². The Labute approximate surface area is 177 Å². The van der Waals surface area contributed by atoms with Crippen molar-refractivity contribution in [2.75, 3.05) is 22.4 Å². The van der Waals surface area contributed by atoms with Crippen molar-refractivity contribution in [1.29, 1.82) is 0 Å². The molecular weight excluding hydrogens is 422 g/mol. The third-order valence-corrected chi connectivity index (χ3v) is 5.77. The highest BCUT2D eigenvalue weighted by molar-refractivity contribution is 7.87. The first-order chi connectivity index (χ1) is 14.4. The van der Waals surface area contributed by atoms with Gasteiger partial charge < -0.3 is 10.6 Å². The van der Waals surface area contributed by atoms with Crippen LogP contribution in [0.3, 0.4) is 0 Å². The van der Waals surface area contributed by atoms with Gasteiger partial charge in [-0.3, -0.25) is 9.27 Å². The first-order valence-corrected chi connectivity index (χ1v) is 11.4. The fourth-order valence-corrected chi connectivity index (χ4v) is 4.42. The number of fused-ring (bicyclic) bond motifs is 1. The summed E-state index contributed by atoms with van der Waals surface area (Å²) in [6, 6.07) is 16.8. The number of nitrogens with one attached hydrogen (secondary N) is 3. The smallest absolute Gasteiger partial charge is 0.357 e. The summed E-state index contributed by atoms with van der Waals surface area (Å²) in [7, 11) is -2.52. The highest BCUT2D eigenvalue weighted by atomic mass is 32.2. The number of anilines is 3. The molecule has 0 aliphatic heterocycles. The van der Waals surface area contributed by atoms with Crippen LogP contribution in [0, 0.1) is 0 Å². The Morgan fingerprint density at radius 2 is 1.77 bits per heavy atom. The SMILES string of the molecule is CNc1nc(NCc2ccc(NS(=O)(=O)O)cc2)c2c(-c3ccccc3)csc2n1. The van der Waals surface area contributed by atoms with Gasteiger partial charge in [0.15, 0.2) is 0 Å². The Morgan fingerprint density at radius 3 is 2.43 bits per heavy atom. The molecule has 10 heteroatoms. The molecule has 4 N–H and O–H groups in total. The van der Waals surface area contributed by atoms with Crippen molar-refractivity contribution in [2.24, 2.45) is 0 Å². The molecule has 30 heavy (non-hydrogen) atoms. The molecule has 0 radical (unpaired) electrons. The van der Waals surface area contributed by atoms with Crippen molar-refractivity contribution in [3.05, 3.63) is 65.5 Å². The summed E-state index contributed by atoms with van der Waals surface area (Å²) >= 11 is 1.56. The van der Waals surface area contributed by atoms with Gasteiger partial charge in [-0.2, -0.15) is 13.4 Å². The van der Waals surface area contributed by atoms with Gasteiger partial charge in [-0.1, -0.05) is 42.5 Å². The monoisotopic (exact) mass is 441 g/mol. The number of rotatable bonds is 7. The van der Waals surface area contributed by atoms with Gasteiger partial charge in [0, 0.05) is 24.5 Å². The van der Waals surface area contributed by atoms with E-state index in [9.17, 15) is 8.42 Å². The maximum atomic E-state index is 10.9. The van der Waals surface area contributed by atoms with E-state index < -0.39 is 10.3 Å². The topological polar surface area (TPSA) is 116 Å². The van der Waals surface area contributed by atoms with Crippen molar-refractivity contribution in [3.8, 4) is 11.1 Å². The van der Waals surface area contributed by atoms with Crippen LogP contribution in [-0.4, -0.2) is 30.0 Å². The van der Waals surface area contributed by atoms with E-state index >= 15 is 0 Å². The van der Waals surface area contributed by atoms with Crippen LogP contribution in [0.15, 0.2) is 60.0 Å². The number of nitrogens with zero attached hydrogens (tertiary/aromatic N) is 2. The zero-order chi connectivity index (χ0) is 21.1. The first kappa shape index (κ1) is 20.1. The summed E-state index contributed by atoms with van der Waals surface area (Å²) in [5.41, 5.74) is 3.36. The summed E-state index contributed by atoms with van der Waals surface area (Å²) < 4.78 is 32.7. The molecule has 0 fully saturated rings. The quantitative estimate of drug-likeness (QED) is 0.317. The third-order valence-electron chi connectivity index (χ3n) is 4.40. The Morgan fingerprint density at radius 1 is 1.03 bits per heavy atom. The largest absolute Gasteiger partial charge is 0.365 e. The lowest BCUT2D eigenvalue weighted by Crippen LogP contribution is -2.10. The zero-order valence-corrected chi connectivity index (χ0v) is 17.6. The molecule has 2 heterocycles. The minimum absolute atomic E-state index is 0.285. The number of hydrogen-bond acceptors (Lipinski definition) is 7. The van der Waals surface area contributed by atoms with Gasteiger partial charge in [0.25, 0.3) is 0 Å². The van der Waals surface area contributed by atoms with Crippen LogP contribution >= 0.6 is 11.3 Å². The molecule has 0 saturated heterocycles. The number of hydrogen-bond donors (Lipinski definition) is 4. The molecule has 8 nitrogen and oxygen atoms in total. The van der Waals surface area contributed by atoms with Crippen LogP contribution in [0.25, 0.3) is 21.3 Å². The average molecular weight is 442 g/mol. The molecule has 0 aliphatic rings. The van der Waals surface area contributed by atoms with Gasteiger partial charge in [-0.15, -0.1) is 11.3 Å². The Kier molecular flexibility index (Phi) is 5.53. The second-order valence-corrected chi connectivity index (χ2v) is 8.48. The summed E-state index contributed by atoms with van der Waals surface area (Å²) in [6.07, 6.45) is 0. The van der Waals surface area contributed by atoms with Crippen molar-refractivity contribution >= 4 is 49.3 Å². The summed E-state index contributed by atoms with van der Waals surface area (Å²) in [4.78, 5) is 10.1. The molecule has 0 unspecified atom stereocenters. The maximum Gasteiger partial charge on any atom is 0.357 e. The van der Waals surface area contributed by atoms with E-state index in [0.717, 1.165) is 26.9 Å². The normalized spacial score (nSPS) is 11.4. The van der Waals surface area contributed by atoms with E-state index in [4.69, 9.17) is 4.55 Å². The Bertz CT molecular complexity index is 1270. The van der Waals surface area contributed by atoms with Crippen molar-refractivity contribution in [1.82, 2.24) is 9.97 Å². The Balaban J connectivity index is 1.64. The van der Waals surface area contributed by atoms with Crippen LogP contribution < -0.4 is 15.4 Å². The third kappa shape index (κ3) is 4.51. The van der Waals surface area contributed by atoms with Crippen LogP contribution in [0.4, 0.5) is 17.5 Å². The molecule has 0 saturated carbocycles. The van der Waals surface area contributed by atoms with Gasteiger partial charge in [-0.25, -0.2) is 4.98 Å². The lowest BCUT2D eigenvalue weighted by molar-refractivity contribution is 0.489. The van der Waals surface area contributed by atoms with Gasteiger partial charge >= 0.3 is 10.3 Å². The van der Waals surface area contributed by atoms with E-state index in [0.29, 0.717) is 18.3 Å². The predicted octanol–water partition coefficient (Wildman–Crippen LogP) is 4.23. The predicted molar refractivity (Wildman–Crippen MR) is 121 cm³/mol. The molecular formula is C20H19N5O3S2. The molecule has 2 aromatic heterocycles. The van der Waals surface area contributed by atoms with E-state index in [-0.39, 0.29) is 5.69 Å². The van der Waals surface area contributed by atoms with E-state index in [1.165, 1.54) is 0 Å². The van der Waals surface area contributed by atoms with Gasteiger partial charge in [0.05, 0.1) is 11.1 Å². The fraction of sp³-hybridized carbons (Fsp3) is 0.100. The molecule has 0 amide bonds. The highest BCUT2D eigenvalue weighted by Gasteiger charge is 2.15. The molecule has 0 bridgehead atoms. The van der Waals surface area contributed by atoms with Gasteiger partial charge in [0.1, 0.15) is 10.6 Å². The second kappa shape index (κ2) is 8.27. The number of thiophene rings is 1. The number of aromatic nitrogens is 2. The molecule has 4 rings (SSSR count). The molecule has 2 aromatic carbocycles. The van der Waals surface area contributed by atoms with Crippen LogP contribution in [0.2, 0.25) is 0 Å². The fourth-order valence-electron chi connectivity index (χ4n) is 3.04. The lowest BCUT2D eigenvalue weighted by atomic mass is 10.1. The molecule has 0 aliphatic carbocycles. The van der Waals surface area contributed by atoms with Gasteiger partial charge in [0.2, 0.25) is 5.95 Å². The van der Waals surface area contributed by atoms with Crippen molar-refractivity contribution in [3.63, 3.8) is 0 Å². The second-order valence-electron chi connectivity index (χ2n) is 6.47. The number of benzene rings is 2. The van der Waals surface area contributed by atoms with E-state index in [1.54, 1.807) is 42.6 Å². The van der Waals surface area contributed by atoms with Crippen LogP contribution in [-0.2, 0) is 16.8 Å². The Hall–Kier alpha value is -3.21. The summed E-state index contributed by atoms with van der Waals surface area (Å²) in [5.74, 6) is 1.24. The highest BCUT2D eigenvalue weighted by Crippen LogP contribution is 2.37. The minimum Gasteiger partial charge on any atom is -0.365 e. The standard InChI is InChI=1S/C20H19N5O3S2/c1-21-20-23-18(22-11-13-7-9-15(10-8-13)25-30(26,27)28)17-16(12-29-19(17)24-20)14-5-3-2-4-6-14/h2-10,12,25H,11H2,1H3,(H,26,27,28)(H2,21,22,23,24). The molecule has 0 atom stereocenters. The molecule has 154 valence electrons. The molecule has 4 aromatic rings. The average Bonchev–Trinajstić information content (AvgIpc) is 3.16. The summed E-state index contributed by atoms with van der Waals surface area (Å²) in [5, 5.41) is 9.39. The van der Waals surface area contributed by atoms with E-state index in [1.807, 2.05) is 22.9 Å². The summed E-state index contributed by atoms with van der Waals surface area (Å²) in [6.45, 7) is 0.478. The van der Waals surface area contributed by atoms with Crippen LogP contribution in [0.5, 0.6) is 0 Å². The van der Waals surface area contributed by atoms with Crippen LogP contribution in [0.1, 0.15) is 5.56 Å². The zero-order valence-electron chi connectivity index (χ0n) is 16.0. The first-order valence-electron chi connectivity index (χ1n) is 9.03. The lowest BCUT2D eigenvalue weighted by Gasteiger charge is -2.11. The maximum absolute atomic E-state index is 10.9. The van der Waals surface area contributed by atoms with Crippen molar-refractivity contribution < 1.29 is 13.0 Å². The molecule has 0 spiro atoms. The van der Waals surface area contributed by atoms with Gasteiger partial charge in [-0.05, 0) is 23.3 Å².